The Balaban J connectivity index is 1.83. The molecule has 1 amide bonds. The quantitative estimate of drug-likeness (QED) is 0.385. The molecule has 0 fully saturated rings. The third-order valence-electron chi connectivity index (χ3n) is 4.11. The molecule has 2 aromatic carbocycles. The molecule has 0 aliphatic carbocycles. The van der Waals surface area contributed by atoms with Crippen LogP contribution in [0.1, 0.15) is 18.4 Å². The van der Waals surface area contributed by atoms with Crippen LogP contribution in [0.2, 0.25) is 15.1 Å². The minimum Gasteiger partial charge on any atom is -0.492 e. The third kappa shape index (κ3) is 7.54. The first kappa shape index (κ1) is 24.6. The van der Waals surface area contributed by atoms with Crippen molar-refractivity contribution in [3.63, 3.8) is 0 Å². The zero-order valence-corrected chi connectivity index (χ0v) is 19.7. The molecule has 0 heterocycles. The van der Waals surface area contributed by atoms with Crippen LogP contribution in [0.25, 0.3) is 0 Å². The van der Waals surface area contributed by atoms with Crippen molar-refractivity contribution in [3.8, 4) is 5.75 Å². The average Bonchev–Trinajstić information content (AvgIpc) is 2.65. The van der Waals surface area contributed by atoms with E-state index in [0.717, 1.165) is 21.9 Å². The average molecular weight is 494 g/mol. The monoisotopic (exact) mass is 492 g/mol. The van der Waals surface area contributed by atoms with Crippen molar-refractivity contribution in [2.45, 2.75) is 19.8 Å². The zero-order valence-electron chi connectivity index (χ0n) is 16.6. The highest BCUT2D eigenvalue weighted by Gasteiger charge is 2.21. The Kier molecular flexibility index (Phi) is 9.09. The minimum absolute atomic E-state index is 0.0731. The summed E-state index contributed by atoms with van der Waals surface area (Å²) in [6.07, 6.45) is 1.51. The van der Waals surface area contributed by atoms with E-state index in [1.54, 1.807) is 0 Å². The molecule has 0 spiro atoms. The van der Waals surface area contributed by atoms with Gasteiger partial charge in [0.25, 0.3) is 0 Å². The van der Waals surface area contributed by atoms with Gasteiger partial charge in [-0.1, -0.05) is 46.9 Å². The predicted octanol–water partition coefficient (Wildman–Crippen LogP) is 4.70. The molecule has 0 bridgehead atoms. The number of ether oxygens (including phenoxy) is 1. The summed E-state index contributed by atoms with van der Waals surface area (Å²) in [5, 5.41) is 3.33. The van der Waals surface area contributed by atoms with Gasteiger partial charge >= 0.3 is 0 Å². The number of hydrogen-bond donors (Lipinski definition) is 1. The fraction of sp³-hybridized carbons (Fsp3) is 0.350. The Morgan fingerprint density at radius 2 is 1.80 bits per heavy atom. The summed E-state index contributed by atoms with van der Waals surface area (Å²) in [6, 6.07) is 10.4. The number of carbonyl (C=O) groups excluding carboxylic acids is 1. The summed E-state index contributed by atoms with van der Waals surface area (Å²) in [5.74, 6) is 0.545. The normalized spacial score (nSPS) is 11.2. The van der Waals surface area contributed by atoms with Crippen LogP contribution >= 0.6 is 34.8 Å². The smallest absolute Gasteiger partial charge is 0.232 e. The molecule has 0 aliphatic heterocycles. The maximum Gasteiger partial charge on any atom is 0.232 e. The predicted molar refractivity (Wildman–Crippen MR) is 123 cm³/mol. The van der Waals surface area contributed by atoms with Crippen LogP contribution in [0.3, 0.4) is 0 Å². The van der Waals surface area contributed by atoms with Crippen LogP contribution < -0.4 is 14.4 Å². The maximum atomic E-state index is 12.2. The van der Waals surface area contributed by atoms with Crippen molar-refractivity contribution in [2.75, 3.05) is 30.3 Å². The molecule has 10 heteroatoms. The van der Waals surface area contributed by atoms with E-state index in [0.29, 0.717) is 19.6 Å². The second-order valence-corrected chi connectivity index (χ2v) is 9.80. The van der Waals surface area contributed by atoms with E-state index in [2.05, 4.69) is 5.32 Å². The highest BCUT2D eigenvalue weighted by Crippen LogP contribution is 2.35. The number of anilines is 1. The van der Waals surface area contributed by atoms with Crippen molar-refractivity contribution in [1.82, 2.24) is 5.32 Å². The van der Waals surface area contributed by atoms with Crippen LogP contribution in [0.5, 0.6) is 5.75 Å². The molecule has 0 aliphatic rings. The van der Waals surface area contributed by atoms with E-state index in [4.69, 9.17) is 39.5 Å². The van der Waals surface area contributed by atoms with Gasteiger partial charge < -0.3 is 10.1 Å². The first-order valence-electron chi connectivity index (χ1n) is 9.16. The van der Waals surface area contributed by atoms with E-state index >= 15 is 0 Å². The summed E-state index contributed by atoms with van der Waals surface area (Å²) in [5.41, 5.74) is 1.31. The number of carbonyl (C=O) groups is 1. The highest BCUT2D eigenvalue weighted by atomic mass is 35.5. The Hall–Kier alpha value is -1.67. The zero-order chi connectivity index (χ0) is 22.3. The number of halogens is 3. The van der Waals surface area contributed by atoms with Gasteiger partial charge in [-0.2, -0.15) is 0 Å². The fourth-order valence-corrected chi connectivity index (χ4v) is 4.37. The molecule has 6 nitrogen and oxygen atoms in total. The van der Waals surface area contributed by atoms with Crippen molar-refractivity contribution in [2.24, 2.45) is 0 Å². The van der Waals surface area contributed by atoms with Gasteiger partial charge in [0.2, 0.25) is 15.9 Å². The summed E-state index contributed by atoms with van der Waals surface area (Å²) in [7, 11) is -3.63. The van der Waals surface area contributed by atoms with E-state index in [1.807, 2.05) is 31.2 Å². The molecule has 2 aromatic rings. The topological polar surface area (TPSA) is 75.7 Å². The molecule has 0 unspecified atom stereocenters. The summed E-state index contributed by atoms with van der Waals surface area (Å²) >= 11 is 18.1. The lowest BCUT2D eigenvalue weighted by molar-refractivity contribution is -0.121. The van der Waals surface area contributed by atoms with Crippen molar-refractivity contribution in [3.05, 3.63) is 57.0 Å². The molecule has 0 atom stereocenters. The second-order valence-electron chi connectivity index (χ2n) is 6.67. The number of nitrogens with zero attached hydrogens (tertiary/aromatic N) is 1. The lowest BCUT2D eigenvalue weighted by Crippen LogP contribution is -2.33. The first-order chi connectivity index (χ1) is 14.1. The SMILES string of the molecule is Cc1cccc(OCCNC(=O)CCCN(c2cc(Cl)c(Cl)cc2Cl)S(C)(=O)=O)c1. The summed E-state index contributed by atoms with van der Waals surface area (Å²) < 4.78 is 31.1. The summed E-state index contributed by atoms with van der Waals surface area (Å²) in [4.78, 5) is 12.0. The Bertz CT molecular complexity index is 1000. The van der Waals surface area contributed by atoms with Crippen molar-refractivity contribution >= 4 is 56.4 Å². The Labute approximate surface area is 192 Å². The van der Waals surface area contributed by atoms with E-state index in [-0.39, 0.29) is 39.6 Å². The number of aryl methyl sites for hydroxylation is 1. The molecule has 30 heavy (non-hydrogen) atoms. The lowest BCUT2D eigenvalue weighted by Gasteiger charge is -2.24. The largest absolute Gasteiger partial charge is 0.492 e. The molecule has 164 valence electrons. The fourth-order valence-electron chi connectivity index (χ4n) is 2.70. The van der Waals surface area contributed by atoms with E-state index in [9.17, 15) is 13.2 Å². The molecule has 0 radical (unpaired) electrons. The van der Waals surface area contributed by atoms with Gasteiger partial charge in [-0.05, 0) is 43.2 Å². The highest BCUT2D eigenvalue weighted by molar-refractivity contribution is 7.92. The number of hydrogen-bond acceptors (Lipinski definition) is 4. The van der Waals surface area contributed by atoms with Crippen LogP contribution in [0, 0.1) is 6.92 Å². The molecule has 1 N–H and O–H groups in total. The van der Waals surface area contributed by atoms with E-state index < -0.39 is 10.0 Å². The molecular formula is C20H23Cl3N2O4S. The van der Waals surface area contributed by atoms with Gasteiger partial charge in [0.05, 0.1) is 33.6 Å². The van der Waals surface area contributed by atoms with Gasteiger partial charge in [-0.15, -0.1) is 0 Å². The third-order valence-corrected chi connectivity index (χ3v) is 6.31. The number of sulfonamides is 1. The molecule has 0 aromatic heterocycles. The molecule has 0 saturated carbocycles. The Morgan fingerprint density at radius 1 is 1.10 bits per heavy atom. The maximum absolute atomic E-state index is 12.2. The van der Waals surface area contributed by atoms with Gasteiger partial charge in [0, 0.05) is 13.0 Å². The number of rotatable bonds is 10. The van der Waals surface area contributed by atoms with Crippen LogP contribution in [-0.2, 0) is 14.8 Å². The molecular weight excluding hydrogens is 471 g/mol. The standard InChI is InChI=1S/C20H23Cl3N2O4S/c1-14-5-3-6-15(11-14)29-10-8-24-20(26)7-4-9-25(30(2,27)28)19-13-17(22)16(21)12-18(19)23/h3,5-6,11-13H,4,7-10H2,1-2H3,(H,24,26). The number of nitrogens with one attached hydrogen (secondary N) is 1. The Morgan fingerprint density at radius 3 is 2.47 bits per heavy atom. The first-order valence-corrected chi connectivity index (χ1v) is 12.1. The van der Waals surface area contributed by atoms with Crippen molar-refractivity contribution in [1.29, 1.82) is 0 Å². The summed E-state index contributed by atoms with van der Waals surface area (Å²) in [6.45, 7) is 2.73. The molecule has 2 rings (SSSR count). The van der Waals surface area contributed by atoms with Gasteiger partial charge in [-0.3, -0.25) is 9.10 Å². The van der Waals surface area contributed by atoms with Gasteiger partial charge in [-0.25, -0.2) is 8.42 Å². The second kappa shape index (κ2) is 11.1. The van der Waals surface area contributed by atoms with Crippen LogP contribution in [0.4, 0.5) is 5.69 Å². The van der Waals surface area contributed by atoms with Crippen molar-refractivity contribution < 1.29 is 17.9 Å². The minimum atomic E-state index is -3.63. The van der Waals surface area contributed by atoms with Crippen LogP contribution in [0.15, 0.2) is 36.4 Å². The number of benzene rings is 2. The molecule has 0 saturated heterocycles. The number of amides is 1. The van der Waals surface area contributed by atoms with Gasteiger partial charge in [0.15, 0.2) is 0 Å². The lowest BCUT2D eigenvalue weighted by atomic mass is 10.2. The van der Waals surface area contributed by atoms with E-state index in [1.165, 1.54) is 12.1 Å². The van der Waals surface area contributed by atoms with Crippen LogP contribution in [-0.4, -0.2) is 40.3 Å². The van der Waals surface area contributed by atoms with Gasteiger partial charge in [0.1, 0.15) is 12.4 Å².